The zero-order valence-corrected chi connectivity index (χ0v) is 6.83. The van der Waals surface area contributed by atoms with E-state index in [0.717, 1.165) is 24.0 Å². The molecule has 0 aromatic rings. The third-order valence-corrected chi connectivity index (χ3v) is 2.25. The van der Waals surface area contributed by atoms with E-state index < -0.39 is 6.17 Å². The van der Waals surface area contributed by atoms with Crippen LogP contribution in [-0.4, -0.2) is 6.17 Å². The van der Waals surface area contributed by atoms with Gasteiger partial charge in [-0.25, -0.2) is 4.39 Å². The lowest BCUT2D eigenvalue weighted by molar-refractivity contribution is 0.423. The molecular formula is C11H11F. The predicted molar refractivity (Wildman–Crippen MR) is 48.6 cm³/mol. The molecule has 0 spiro atoms. The molecule has 0 aromatic carbocycles. The van der Waals surface area contributed by atoms with Crippen LogP contribution < -0.4 is 0 Å². The van der Waals surface area contributed by atoms with Crippen molar-refractivity contribution in [2.75, 3.05) is 0 Å². The summed E-state index contributed by atoms with van der Waals surface area (Å²) in [6.07, 6.45) is 12.3. The first kappa shape index (κ1) is 7.53. The SMILES string of the molecule is FC(C1=CC=CC1)C1=CC=CC1. The van der Waals surface area contributed by atoms with E-state index in [1.807, 2.05) is 36.5 Å². The maximum atomic E-state index is 13.6. The monoisotopic (exact) mass is 162 g/mol. The second-order valence-corrected chi connectivity index (χ2v) is 3.11. The molecule has 0 fully saturated rings. The molecule has 0 unspecified atom stereocenters. The summed E-state index contributed by atoms with van der Waals surface area (Å²) in [6, 6.07) is 0. The van der Waals surface area contributed by atoms with Gasteiger partial charge in [-0.2, -0.15) is 0 Å². The Morgan fingerprint density at radius 2 is 1.50 bits per heavy atom. The van der Waals surface area contributed by atoms with E-state index in [-0.39, 0.29) is 0 Å². The summed E-state index contributed by atoms with van der Waals surface area (Å²) in [5.74, 6) is 0. The van der Waals surface area contributed by atoms with Crippen LogP contribution in [0.4, 0.5) is 4.39 Å². The van der Waals surface area contributed by atoms with Crippen molar-refractivity contribution >= 4 is 0 Å². The molecule has 0 N–H and O–H groups in total. The predicted octanol–water partition coefficient (Wildman–Crippen LogP) is 3.10. The molecule has 0 aliphatic heterocycles. The van der Waals surface area contributed by atoms with Crippen molar-refractivity contribution in [3.8, 4) is 0 Å². The minimum Gasteiger partial charge on any atom is -0.238 e. The quantitative estimate of drug-likeness (QED) is 0.585. The summed E-state index contributed by atoms with van der Waals surface area (Å²) in [5.41, 5.74) is 1.79. The smallest absolute Gasteiger partial charge is 0.143 e. The zero-order chi connectivity index (χ0) is 8.39. The highest BCUT2D eigenvalue weighted by atomic mass is 19.1. The molecule has 0 saturated heterocycles. The Kier molecular flexibility index (Phi) is 1.94. The number of hydrogen-bond acceptors (Lipinski definition) is 0. The molecule has 0 bridgehead atoms. The first-order valence-electron chi connectivity index (χ1n) is 4.23. The van der Waals surface area contributed by atoms with Gasteiger partial charge in [0.05, 0.1) is 0 Å². The molecule has 0 nitrogen and oxygen atoms in total. The maximum Gasteiger partial charge on any atom is 0.143 e. The first-order valence-corrected chi connectivity index (χ1v) is 4.23. The van der Waals surface area contributed by atoms with Crippen LogP contribution in [0.3, 0.4) is 0 Å². The van der Waals surface area contributed by atoms with Gasteiger partial charge in [-0.1, -0.05) is 36.5 Å². The fourth-order valence-electron chi connectivity index (χ4n) is 1.54. The Bertz CT molecular complexity index is 262. The minimum atomic E-state index is -0.852. The molecule has 62 valence electrons. The molecule has 0 aromatic heterocycles. The van der Waals surface area contributed by atoms with Crippen LogP contribution >= 0.6 is 0 Å². The van der Waals surface area contributed by atoms with Gasteiger partial charge in [0.25, 0.3) is 0 Å². The Labute approximate surface area is 71.8 Å². The van der Waals surface area contributed by atoms with E-state index in [1.54, 1.807) is 0 Å². The molecule has 2 rings (SSSR count). The average Bonchev–Trinajstić information content (AvgIpc) is 2.77. The summed E-state index contributed by atoms with van der Waals surface area (Å²) in [5, 5.41) is 0. The number of rotatable bonds is 2. The fraction of sp³-hybridized carbons (Fsp3) is 0.273. The minimum absolute atomic E-state index is 0.776. The standard InChI is InChI=1S/C11H11F/c12-11(9-5-1-2-6-9)10-7-3-4-8-10/h1-5,7,11H,6,8H2. The van der Waals surface area contributed by atoms with Gasteiger partial charge < -0.3 is 0 Å². The maximum absolute atomic E-state index is 13.6. The molecule has 0 saturated carbocycles. The van der Waals surface area contributed by atoms with E-state index in [0.29, 0.717) is 0 Å². The van der Waals surface area contributed by atoms with Crippen molar-refractivity contribution in [2.45, 2.75) is 19.0 Å². The number of halogens is 1. The lowest BCUT2D eigenvalue weighted by Crippen LogP contribution is -2.05. The molecule has 0 radical (unpaired) electrons. The normalized spacial score (nSPS) is 20.5. The van der Waals surface area contributed by atoms with Crippen molar-refractivity contribution in [1.29, 1.82) is 0 Å². The molecular weight excluding hydrogens is 151 g/mol. The van der Waals surface area contributed by atoms with Gasteiger partial charge in [-0.15, -0.1) is 0 Å². The Morgan fingerprint density at radius 1 is 1.00 bits per heavy atom. The Hall–Kier alpha value is -1.11. The third-order valence-electron chi connectivity index (χ3n) is 2.25. The molecule has 2 aliphatic rings. The van der Waals surface area contributed by atoms with Gasteiger partial charge in [-0.3, -0.25) is 0 Å². The van der Waals surface area contributed by atoms with Crippen LogP contribution in [0, 0.1) is 0 Å². The van der Waals surface area contributed by atoms with E-state index in [4.69, 9.17) is 0 Å². The van der Waals surface area contributed by atoms with E-state index in [1.165, 1.54) is 0 Å². The molecule has 0 atom stereocenters. The van der Waals surface area contributed by atoms with Crippen molar-refractivity contribution in [3.63, 3.8) is 0 Å². The van der Waals surface area contributed by atoms with E-state index >= 15 is 0 Å². The lowest BCUT2D eigenvalue weighted by atomic mass is 10.0. The highest BCUT2D eigenvalue weighted by molar-refractivity contribution is 5.37. The van der Waals surface area contributed by atoms with Crippen LogP contribution in [0.5, 0.6) is 0 Å². The summed E-state index contributed by atoms with van der Waals surface area (Å²) >= 11 is 0. The van der Waals surface area contributed by atoms with Crippen molar-refractivity contribution in [3.05, 3.63) is 47.6 Å². The van der Waals surface area contributed by atoms with Crippen LogP contribution in [0.1, 0.15) is 12.8 Å². The largest absolute Gasteiger partial charge is 0.238 e. The van der Waals surface area contributed by atoms with Gasteiger partial charge >= 0.3 is 0 Å². The topological polar surface area (TPSA) is 0 Å². The Balaban J connectivity index is 2.05. The average molecular weight is 162 g/mol. The van der Waals surface area contributed by atoms with Crippen LogP contribution in [-0.2, 0) is 0 Å². The third kappa shape index (κ3) is 1.27. The van der Waals surface area contributed by atoms with Crippen LogP contribution in [0.2, 0.25) is 0 Å². The van der Waals surface area contributed by atoms with Gasteiger partial charge in [0, 0.05) is 0 Å². The zero-order valence-electron chi connectivity index (χ0n) is 6.83. The fourth-order valence-corrected chi connectivity index (χ4v) is 1.54. The van der Waals surface area contributed by atoms with Crippen molar-refractivity contribution in [2.24, 2.45) is 0 Å². The first-order chi connectivity index (χ1) is 5.88. The highest BCUT2D eigenvalue weighted by Gasteiger charge is 2.18. The van der Waals surface area contributed by atoms with E-state index in [2.05, 4.69) is 0 Å². The Morgan fingerprint density at radius 3 is 1.83 bits per heavy atom. The summed E-state index contributed by atoms with van der Waals surface area (Å²) in [7, 11) is 0. The van der Waals surface area contributed by atoms with Gasteiger partial charge in [0.2, 0.25) is 0 Å². The number of alkyl halides is 1. The second-order valence-electron chi connectivity index (χ2n) is 3.11. The molecule has 2 aliphatic carbocycles. The number of allylic oxidation sites excluding steroid dienone is 8. The van der Waals surface area contributed by atoms with Gasteiger partial charge in [0.1, 0.15) is 6.17 Å². The van der Waals surface area contributed by atoms with Crippen molar-refractivity contribution < 1.29 is 4.39 Å². The summed E-state index contributed by atoms with van der Waals surface area (Å²) in [4.78, 5) is 0. The second kappa shape index (κ2) is 3.10. The highest BCUT2D eigenvalue weighted by Crippen LogP contribution is 2.27. The van der Waals surface area contributed by atoms with Crippen LogP contribution in [0.15, 0.2) is 47.6 Å². The van der Waals surface area contributed by atoms with Crippen molar-refractivity contribution in [1.82, 2.24) is 0 Å². The summed E-state index contributed by atoms with van der Waals surface area (Å²) in [6.45, 7) is 0. The van der Waals surface area contributed by atoms with E-state index in [9.17, 15) is 4.39 Å². The molecule has 12 heavy (non-hydrogen) atoms. The molecule has 0 heterocycles. The molecule has 0 amide bonds. The summed E-state index contributed by atoms with van der Waals surface area (Å²) < 4.78 is 13.6. The molecule has 1 heteroatoms. The number of hydrogen-bond donors (Lipinski definition) is 0. The van der Waals surface area contributed by atoms with Gasteiger partial charge in [0.15, 0.2) is 0 Å². The lowest BCUT2D eigenvalue weighted by Gasteiger charge is -2.09. The van der Waals surface area contributed by atoms with Gasteiger partial charge in [-0.05, 0) is 24.0 Å². The van der Waals surface area contributed by atoms with Crippen LogP contribution in [0.25, 0.3) is 0 Å².